The molecule has 2 aliphatic rings. The molecule has 0 radical (unpaired) electrons. The summed E-state index contributed by atoms with van der Waals surface area (Å²) >= 11 is 0. The maximum absolute atomic E-state index is 13.6. The summed E-state index contributed by atoms with van der Waals surface area (Å²) in [5.41, 5.74) is 5.35. The Labute approximate surface area is 202 Å². The number of ether oxygens (including phenoxy) is 2. The van der Waals surface area contributed by atoms with Gasteiger partial charge in [-0.3, -0.25) is 9.69 Å². The van der Waals surface area contributed by atoms with Gasteiger partial charge in [0.1, 0.15) is 11.5 Å². The van der Waals surface area contributed by atoms with E-state index < -0.39 is 0 Å². The molecule has 182 valence electrons. The predicted molar refractivity (Wildman–Crippen MR) is 135 cm³/mol. The van der Waals surface area contributed by atoms with E-state index in [1.54, 1.807) is 19.2 Å². The summed E-state index contributed by atoms with van der Waals surface area (Å²) in [6.07, 6.45) is 0.626. The second-order valence-corrected chi connectivity index (χ2v) is 9.12. The summed E-state index contributed by atoms with van der Waals surface area (Å²) in [6, 6.07) is 11.9. The Morgan fingerprint density at radius 2 is 1.71 bits per heavy atom. The molecule has 2 heterocycles. The van der Waals surface area contributed by atoms with Gasteiger partial charge in [-0.2, -0.15) is 5.10 Å². The normalized spacial score (nSPS) is 19.3. The van der Waals surface area contributed by atoms with E-state index >= 15 is 0 Å². The molecule has 1 unspecified atom stereocenters. The second-order valence-electron chi connectivity index (χ2n) is 9.12. The van der Waals surface area contributed by atoms with Gasteiger partial charge in [-0.05, 0) is 61.3 Å². The molecule has 2 aromatic rings. The van der Waals surface area contributed by atoms with E-state index in [1.165, 1.54) is 11.1 Å². The Hall–Kier alpha value is -2.90. The summed E-state index contributed by atoms with van der Waals surface area (Å²) in [4.78, 5) is 18.2. The van der Waals surface area contributed by atoms with Gasteiger partial charge < -0.3 is 14.4 Å². The summed E-state index contributed by atoms with van der Waals surface area (Å²) in [7, 11) is 3.31. The van der Waals surface area contributed by atoms with Gasteiger partial charge in [-0.1, -0.05) is 19.1 Å². The van der Waals surface area contributed by atoms with Crippen LogP contribution in [0.15, 0.2) is 41.5 Å². The van der Waals surface area contributed by atoms with Crippen LogP contribution in [0.25, 0.3) is 0 Å². The molecule has 1 atom stereocenters. The second kappa shape index (κ2) is 10.6. The molecule has 1 amide bonds. The molecule has 1 fully saturated rings. The lowest BCUT2D eigenvalue weighted by molar-refractivity contribution is -0.134. The molecule has 7 nitrogen and oxygen atoms in total. The van der Waals surface area contributed by atoms with Crippen molar-refractivity contribution in [1.29, 1.82) is 0 Å². The van der Waals surface area contributed by atoms with Gasteiger partial charge in [-0.15, -0.1) is 0 Å². The summed E-state index contributed by atoms with van der Waals surface area (Å²) < 4.78 is 11.2. The summed E-state index contributed by atoms with van der Waals surface area (Å²) in [6.45, 7) is 11.6. The van der Waals surface area contributed by atoms with Crippen LogP contribution in [0.4, 0.5) is 0 Å². The predicted octanol–water partition coefficient (Wildman–Crippen LogP) is 3.64. The number of nitrogens with zero attached hydrogens (tertiary/aromatic N) is 4. The smallest absolute Gasteiger partial charge is 0.257 e. The molecule has 0 N–H and O–H groups in total. The highest BCUT2D eigenvalue weighted by Crippen LogP contribution is 2.39. The molecule has 0 bridgehead atoms. The molecule has 2 aromatic carbocycles. The fourth-order valence-corrected chi connectivity index (χ4v) is 4.71. The van der Waals surface area contributed by atoms with E-state index in [0.29, 0.717) is 13.0 Å². The summed E-state index contributed by atoms with van der Waals surface area (Å²) in [5.74, 6) is 1.48. The molecule has 34 heavy (non-hydrogen) atoms. The molecule has 2 aliphatic heterocycles. The monoisotopic (exact) mass is 464 g/mol. The van der Waals surface area contributed by atoms with Crippen molar-refractivity contribution in [3.63, 3.8) is 0 Å². The van der Waals surface area contributed by atoms with Crippen LogP contribution in [0.5, 0.6) is 11.5 Å². The largest absolute Gasteiger partial charge is 0.497 e. The number of hydrogen-bond acceptors (Lipinski definition) is 6. The fourth-order valence-electron chi connectivity index (χ4n) is 4.71. The highest BCUT2D eigenvalue weighted by Gasteiger charge is 2.36. The van der Waals surface area contributed by atoms with E-state index in [0.717, 1.165) is 61.1 Å². The first kappa shape index (κ1) is 24.2. The van der Waals surface area contributed by atoms with E-state index in [-0.39, 0.29) is 11.9 Å². The molecule has 4 rings (SSSR count). The lowest BCUT2D eigenvalue weighted by atomic mass is 9.95. The van der Waals surface area contributed by atoms with Gasteiger partial charge in [-0.25, -0.2) is 5.01 Å². The number of hydrogen-bond donors (Lipinski definition) is 0. The molecular weight excluding hydrogens is 428 g/mol. The Morgan fingerprint density at radius 1 is 0.971 bits per heavy atom. The fraction of sp³-hybridized carbons (Fsp3) is 0.481. The average molecular weight is 465 g/mol. The molecule has 0 spiro atoms. The van der Waals surface area contributed by atoms with Crippen molar-refractivity contribution in [1.82, 2.24) is 14.8 Å². The minimum Gasteiger partial charge on any atom is -0.497 e. The molecule has 1 saturated heterocycles. The number of hydrazone groups is 1. The number of likely N-dealkylation sites (N-methyl/N-ethyl adjacent to an activating group) is 1. The van der Waals surface area contributed by atoms with Crippen LogP contribution in [0.2, 0.25) is 0 Å². The van der Waals surface area contributed by atoms with E-state index in [2.05, 4.69) is 48.8 Å². The minimum atomic E-state index is -0.244. The molecular formula is C27H36N4O3. The van der Waals surface area contributed by atoms with Crippen LogP contribution < -0.4 is 9.47 Å². The standard InChI is InChI=1S/C27H36N4O3/c1-6-29-11-13-30(14-12-29)18-27(32)31-25(23-16-22(33-4)9-10-26(23)34-5)17-24(28-31)21-8-7-19(2)20(3)15-21/h7-10,15-16,25H,6,11-14,17-18H2,1-5H3. The van der Waals surface area contributed by atoms with Crippen molar-refractivity contribution < 1.29 is 14.3 Å². The highest BCUT2D eigenvalue weighted by molar-refractivity contribution is 6.03. The van der Waals surface area contributed by atoms with Gasteiger partial charge in [0.15, 0.2) is 0 Å². The Kier molecular flexibility index (Phi) is 7.54. The number of rotatable bonds is 7. The van der Waals surface area contributed by atoms with Gasteiger partial charge in [0, 0.05) is 38.2 Å². The van der Waals surface area contributed by atoms with E-state index in [9.17, 15) is 4.79 Å². The zero-order valence-electron chi connectivity index (χ0n) is 21.0. The van der Waals surface area contributed by atoms with Crippen molar-refractivity contribution in [3.8, 4) is 11.5 Å². The number of amides is 1. The Balaban J connectivity index is 1.64. The highest BCUT2D eigenvalue weighted by atomic mass is 16.5. The third kappa shape index (κ3) is 5.10. The van der Waals surface area contributed by atoms with E-state index in [1.807, 2.05) is 18.2 Å². The van der Waals surface area contributed by atoms with Crippen LogP contribution in [0, 0.1) is 13.8 Å². The Morgan fingerprint density at radius 3 is 2.35 bits per heavy atom. The van der Waals surface area contributed by atoms with Gasteiger partial charge in [0.05, 0.1) is 32.5 Å². The van der Waals surface area contributed by atoms with Gasteiger partial charge in [0.25, 0.3) is 5.91 Å². The quantitative estimate of drug-likeness (QED) is 0.626. The van der Waals surface area contributed by atoms with Crippen LogP contribution in [0.3, 0.4) is 0 Å². The number of aryl methyl sites for hydroxylation is 2. The molecule has 0 saturated carbocycles. The lowest BCUT2D eigenvalue weighted by Gasteiger charge is -2.34. The van der Waals surface area contributed by atoms with Crippen LogP contribution >= 0.6 is 0 Å². The van der Waals surface area contributed by atoms with E-state index in [4.69, 9.17) is 14.6 Å². The van der Waals surface area contributed by atoms with Crippen LogP contribution in [0.1, 0.15) is 41.6 Å². The van der Waals surface area contributed by atoms with Crippen LogP contribution in [-0.2, 0) is 4.79 Å². The van der Waals surface area contributed by atoms with Gasteiger partial charge >= 0.3 is 0 Å². The topological polar surface area (TPSA) is 57.6 Å². The number of piperazine rings is 1. The molecule has 0 aliphatic carbocycles. The van der Waals surface area contributed by atoms with Crippen molar-refractivity contribution >= 4 is 11.6 Å². The first-order valence-corrected chi connectivity index (χ1v) is 12.1. The molecule has 7 heteroatoms. The molecule has 0 aromatic heterocycles. The SMILES string of the molecule is CCN1CCN(CC(=O)N2N=C(c3ccc(C)c(C)c3)CC2c2cc(OC)ccc2OC)CC1. The van der Waals surface area contributed by atoms with Crippen molar-refractivity contribution in [2.24, 2.45) is 5.10 Å². The van der Waals surface area contributed by atoms with Crippen molar-refractivity contribution in [2.45, 2.75) is 33.2 Å². The van der Waals surface area contributed by atoms with Crippen molar-refractivity contribution in [2.75, 3.05) is 53.5 Å². The number of benzene rings is 2. The average Bonchev–Trinajstić information content (AvgIpc) is 3.31. The zero-order chi connectivity index (χ0) is 24.2. The lowest BCUT2D eigenvalue weighted by Crippen LogP contribution is -2.49. The maximum atomic E-state index is 13.6. The number of carbonyl (C=O) groups excluding carboxylic acids is 1. The first-order chi connectivity index (χ1) is 16.4. The minimum absolute atomic E-state index is 0.0126. The van der Waals surface area contributed by atoms with Gasteiger partial charge in [0.2, 0.25) is 0 Å². The summed E-state index contributed by atoms with van der Waals surface area (Å²) in [5, 5.41) is 6.56. The van der Waals surface area contributed by atoms with Crippen LogP contribution in [-0.4, -0.2) is 79.9 Å². The zero-order valence-corrected chi connectivity index (χ0v) is 21.0. The maximum Gasteiger partial charge on any atom is 0.257 e. The first-order valence-electron chi connectivity index (χ1n) is 12.1. The third-order valence-electron chi connectivity index (χ3n) is 7.07. The number of carbonyl (C=O) groups is 1. The Bertz CT molecular complexity index is 1060. The van der Waals surface area contributed by atoms with Crippen molar-refractivity contribution in [3.05, 3.63) is 58.7 Å². The number of methoxy groups -OCH3 is 2. The third-order valence-corrected chi connectivity index (χ3v) is 7.07.